The number of para-hydroxylation sites is 1. The van der Waals surface area contributed by atoms with Crippen LogP contribution in [0.4, 0.5) is 0 Å². The highest BCUT2D eigenvalue weighted by molar-refractivity contribution is 5.69. The molecule has 44 heavy (non-hydrogen) atoms. The van der Waals surface area contributed by atoms with Gasteiger partial charge in [0.1, 0.15) is 19.0 Å². The van der Waals surface area contributed by atoms with Crippen LogP contribution in [0.2, 0.25) is 0 Å². The minimum absolute atomic E-state index is 0.142. The number of carbonyl (C=O) groups is 1. The molecule has 1 aromatic carbocycles. The molecule has 1 rings (SSSR count). The van der Waals surface area contributed by atoms with Crippen molar-refractivity contribution < 1.29 is 52.2 Å². The standard InChI is InChI=1S/C33H58O11/c1-2-3-4-5-6-10-13-33(34)44-31-29-42-27-25-40-23-21-38-19-17-36-15-14-35-16-18-37-20-22-39-24-26-41-28-30-43-32-11-8-7-9-12-32/h7-9,11-12H,2-6,10,13-31H2,1H3. The third kappa shape index (κ3) is 30.2. The van der Waals surface area contributed by atoms with Gasteiger partial charge in [-0.05, 0) is 18.6 Å². The Kier molecular flexibility index (Phi) is 31.1. The average molecular weight is 631 g/mol. The molecule has 11 heteroatoms. The van der Waals surface area contributed by atoms with E-state index < -0.39 is 0 Å². The summed E-state index contributed by atoms with van der Waals surface area (Å²) in [4.78, 5) is 11.7. The zero-order chi connectivity index (χ0) is 31.4. The molecular formula is C33H58O11. The Morgan fingerprint density at radius 2 is 0.818 bits per heavy atom. The summed E-state index contributed by atoms with van der Waals surface area (Å²) in [5, 5.41) is 0. The third-order valence-corrected chi connectivity index (χ3v) is 6.07. The van der Waals surface area contributed by atoms with Crippen molar-refractivity contribution in [3.05, 3.63) is 30.3 Å². The predicted octanol–water partition coefficient (Wildman–Crippen LogP) is 4.49. The largest absolute Gasteiger partial charge is 0.491 e. The highest BCUT2D eigenvalue weighted by Gasteiger charge is 2.02. The molecule has 0 aliphatic rings. The van der Waals surface area contributed by atoms with E-state index in [1.807, 2.05) is 30.3 Å². The second-order valence-corrected chi connectivity index (χ2v) is 9.80. The van der Waals surface area contributed by atoms with Crippen molar-refractivity contribution in [1.82, 2.24) is 0 Å². The van der Waals surface area contributed by atoms with E-state index in [4.69, 9.17) is 47.4 Å². The molecule has 0 saturated carbocycles. The van der Waals surface area contributed by atoms with E-state index in [2.05, 4.69) is 6.92 Å². The number of benzene rings is 1. The summed E-state index contributed by atoms with van der Waals surface area (Å²) >= 11 is 0. The van der Waals surface area contributed by atoms with Gasteiger partial charge in [0.05, 0.1) is 106 Å². The number of hydrogen-bond acceptors (Lipinski definition) is 11. The van der Waals surface area contributed by atoms with Crippen LogP contribution in [0.25, 0.3) is 0 Å². The molecule has 0 saturated heterocycles. The van der Waals surface area contributed by atoms with Crippen molar-refractivity contribution in [1.29, 1.82) is 0 Å². The van der Waals surface area contributed by atoms with Gasteiger partial charge in [0.2, 0.25) is 0 Å². The molecular weight excluding hydrogens is 572 g/mol. The zero-order valence-electron chi connectivity index (χ0n) is 27.1. The number of ether oxygens (including phenoxy) is 10. The topological polar surface area (TPSA) is 109 Å². The molecule has 1 aromatic rings. The fourth-order valence-corrected chi connectivity index (χ4v) is 3.71. The van der Waals surface area contributed by atoms with Crippen LogP contribution in [-0.4, -0.2) is 125 Å². The summed E-state index contributed by atoms with van der Waals surface area (Å²) in [7, 11) is 0. The van der Waals surface area contributed by atoms with E-state index in [0.717, 1.165) is 18.6 Å². The maximum absolute atomic E-state index is 11.7. The van der Waals surface area contributed by atoms with E-state index in [1.165, 1.54) is 25.7 Å². The Balaban J connectivity index is 1.64. The number of unbranched alkanes of at least 4 members (excludes halogenated alkanes) is 5. The second-order valence-electron chi connectivity index (χ2n) is 9.80. The van der Waals surface area contributed by atoms with Gasteiger partial charge in [0.15, 0.2) is 0 Å². The fraction of sp³-hybridized carbons (Fsp3) is 0.788. The Hall–Kier alpha value is -1.83. The normalized spacial score (nSPS) is 11.2. The van der Waals surface area contributed by atoms with Gasteiger partial charge in [-0.25, -0.2) is 0 Å². The first-order valence-corrected chi connectivity index (χ1v) is 16.3. The fourth-order valence-electron chi connectivity index (χ4n) is 3.71. The Morgan fingerprint density at radius 1 is 0.455 bits per heavy atom. The molecule has 0 atom stereocenters. The number of carbonyl (C=O) groups excluding carboxylic acids is 1. The van der Waals surface area contributed by atoms with E-state index in [0.29, 0.717) is 119 Å². The molecule has 0 aliphatic carbocycles. The van der Waals surface area contributed by atoms with Gasteiger partial charge in [0, 0.05) is 6.42 Å². The Morgan fingerprint density at radius 3 is 1.25 bits per heavy atom. The van der Waals surface area contributed by atoms with E-state index >= 15 is 0 Å². The average Bonchev–Trinajstić information content (AvgIpc) is 3.04. The van der Waals surface area contributed by atoms with Crippen molar-refractivity contribution in [2.45, 2.75) is 51.9 Å². The Bertz CT molecular complexity index is 708. The number of esters is 1. The monoisotopic (exact) mass is 630 g/mol. The summed E-state index contributed by atoms with van der Waals surface area (Å²) in [5.41, 5.74) is 0. The van der Waals surface area contributed by atoms with Crippen molar-refractivity contribution in [3.63, 3.8) is 0 Å². The molecule has 0 spiro atoms. The summed E-state index contributed by atoms with van der Waals surface area (Å²) in [6.07, 6.45) is 7.44. The molecule has 0 radical (unpaired) electrons. The lowest BCUT2D eigenvalue weighted by Crippen LogP contribution is -2.15. The van der Waals surface area contributed by atoms with Gasteiger partial charge in [-0.2, -0.15) is 0 Å². The second kappa shape index (κ2) is 34.1. The molecule has 11 nitrogen and oxygen atoms in total. The van der Waals surface area contributed by atoms with Gasteiger partial charge >= 0.3 is 5.97 Å². The molecule has 0 bridgehead atoms. The SMILES string of the molecule is CCCCCCCCC(=O)OCCOCCOCCOCCOCCOCCOCCOCCOCCOc1ccccc1. The summed E-state index contributed by atoms with van der Waals surface area (Å²) < 4.78 is 54.4. The number of rotatable bonds is 35. The molecule has 0 heterocycles. The molecule has 0 fully saturated rings. The molecule has 0 unspecified atom stereocenters. The van der Waals surface area contributed by atoms with Gasteiger partial charge in [-0.1, -0.05) is 57.2 Å². The van der Waals surface area contributed by atoms with Crippen LogP contribution >= 0.6 is 0 Å². The van der Waals surface area contributed by atoms with Crippen molar-refractivity contribution >= 4 is 5.97 Å². The minimum atomic E-state index is -0.142. The van der Waals surface area contributed by atoms with Crippen LogP contribution < -0.4 is 4.74 Å². The van der Waals surface area contributed by atoms with Crippen molar-refractivity contribution in [3.8, 4) is 5.75 Å². The van der Waals surface area contributed by atoms with Crippen LogP contribution in [0.1, 0.15) is 51.9 Å². The van der Waals surface area contributed by atoms with Crippen LogP contribution in [0, 0.1) is 0 Å². The molecule has 0 aromatic heterocycles. The lowest BCUT2D eigenvalue weighted by molar-refractivity contribution is -0.145. The molecule has 256 valence electrons. The Labute approximate surface area is 265 Å². The van der Waals surface area contributed by atoms with Gasteiger partial charge in [-0.15, -0.1) is 0 Å². The van der Waals surface area contributed by atoms with Crippen LogP contribution in [-0.2, 0) is 47.4 Å². The summed E-state index contributed by atoms with van der Waals surface area (Å²) in [6, 6.07) is 9.67. The quantitative estimate of drug-likeness (QED) is 0.0782. The molecule has 0 N–H and O–H groups in total. The first kappa shape index (κ1) is 40.2. The number of hydrogen-bond donors (Lipinski definition) is 0. The molecule has 0 amide bonds. The first-order chi connectivity index (χ1) is 21.8. The van der Waals surface area contributed by atoms with E-state index in [-0.39, 0.29) is 12.6 Å². The highest BCUT2D eigenvalue weighted by atomic mass is 16.6. The maximum Gasteiger partial charge on any atom is 0.305 e. The third-order valence-electron chi connectivity index (χ3n) is 6.07. The first-order valence-electron chi connectivity index (χ1n) is 16.3. The van der Waals surface area contributed by atoms with Gasteiger partial charge in [0.25, 0.3) is 0 Å². The van der Waals surface area contributed by atoms with Crippen LogP contribution in [0.15, 0.2) is 30.3 Å². The lowest BCUT2D eigenvalue weighted by Gasteiger charge is -2.09. The van der Waals surface area contributed by atoms with E-state index in [1.54, 1.807) is 0 Å². The lowest BCUT2D eigenvalue weighted by atomic mass is 10.1. The van der Waals surface area contributed by atoms with E-state index in [9.17, 15) is 4.79 Å². The van der Waals surface area contributed by atoms with Gasteiger partial charge in [-0.3, -0.25) is 4.79 Å². The smallest absolute Gasteiger partial charge is 0.305 e. The van der Waals surface area contributed by atoms with Crippen molar-refractivity contribution in [2.24, 2.45) is 0 Å². The summed E-state index contributed by atoms with van der Waals surface area (Å²) in [6.45, 7) is 10.9. The predicted molar refractivity (Wildman–Crippen MR) is 167 cm³/mol. The zero-order valence-corrected chi connectivity index (χ0v) is 27.1. The maximum atomic E-state index is 11.7. The summed E-state index contributed by atoms with van der Waals surface area (Å²) in [5.74, 6) is 0.701. The van der Waals surface area contributed by atoms with Crippen molar-refractivity contribution in [2.75, 3.05) is 119 Å². The minimum Gasteiger partial charge on any atom is -0.491 e. The van der Waals surface area contributed by atoms with Crippen LogP contribution in [0.3, 0.4) is 0 Å². The highest BCUT2D eigenvalue weighted by Crippen LogP contribution is 2.08. The van der Waals surface area contributed by atoms with Crippen LogP contribution in [0.5, 0.6) is 5.75 Å². The molecule has 0 aliphatic heterocycles. The van der Waals surface area contributed by atoms with Gasteiger partial charge < -0.3 is 47.4 Å².